The van der Waals surface area contributed by atoms with Gasteiger partial charge in [-0.25, -0.2) is 0 Å². The maximum atomic E-state index is 12.5. The average Bonchev–Trinajstić information content (AvgIpc) is 2.87. The van der Waals surface area contributed by atoms with Gasteiger partial charge in [0.1, 0.15) is 0 Å². The largest absolute Gasteiger partial charge is 0.293 e. The minimum atomic E-state index is -0.338. The van der Waals surface area contributed by atoms with Gasteiger partial charge in [-0.3, -0.25) is 14.5 Å². The first-order valence-corrected chi connectivity index (χ1v) is 9.51. The maximum absolute atomic E-state index is 12.5. The van der Waals surface area contributed by atoms with E-state index in [9.17, 15) is 9.59 Å². The van der Waals surface area contributed by atoms with Crippen molar-refractivity contribution in [2.24, 2.45) is 0 Å². The molecule has 0 atom stereocenters. The van der Waals surface area contributed by atoms with Crippen molar-refractivity contribution in [3.63, 3.8) is 0 Å². The molecule has 0 N–H and O–H groups in total. The number of hydrogen-bond acceptors (Lipinski definition) is 3. The Bertz CT molecular complexity index is 940. The van der Waals surface area contributed by atoms with Gasteiger partial charge in [0.2, 0.25) is 0 Å². The molecule has 1 aliphatic heterocycles. The average molecular weight is 425 g/mol. The number of nitrogens with zero attached hydrogens (tertiary/aromatic N) is 1. The molecule has 0 bridgehead atoms. The molecule has 0 unspecified atom stereocenters. The molecule has 1 fully saturated rings. The predicted octanol–water partition coefficient (Wildman–Crippen LogP) is 6.44. The normalized spacial score (nSPS) is 16.3. The van der Waals surface area contributed by atoms with Crippen LogP contribution in [0.4, 0.5) is 4.79 Å². The highest BCUT2D eigenvalue weighted by Gasteiger charge is 2.34. The summed E-state index contributed by atoms with van der Waals surface area (Å²) in [4.78, 5) is 26.2. The van der Waals surface area contributed by atoms with E-state index in [2.05, 4.69) is 0 Å². The van der Waals surface area contributed by atoms with Crippen LogP contribution in [0, 0.1) is 0 Å². The monoisotopic (exact) mass is 423 g/mol. The van der Waals surface area contributed by atoms with Crippen LogP contribution in [0.2, 0.25) is 15.1 Å². The summed E-state index contributed by atoms with van der Waals surface area (Å²) in [6.45, 7) is 0.146. The van der Waals surface area contributed by atoms with E-state index < -0.39 is 0 Å². The molecule has 3 rings (SSSR count). The van der Waals surface area contributed by atoms with E-state index in [-0.39, 0.29) is 17.7 Å². The smallest absolute Gasteiger partial charge is 0.268 e. The number of rotatable bonds is 4. The van der Waals surface area contributed by atoms with Crippen LogP contribution in [0.1, 0.15) is 11.1 Å². The Balaban J connectivity index is 1.74. The van der Waals surface area contributed by atoms with Gasteiger partial charge in [-0.05, 0) is 47.2 Å². The van der Waals surface area contributed by atoms with Gasteiger partial charge in [-0.15, -0.1) is 0 Å². The van der Waals surface area contributed by atoms with Crippen LogP contribution in [-0.4, -0.2) is 16.0 Å². The second-order valence-electron chi connectivity index (χ2n) is 5.42. The van der Waals surface area contributed by atoms with Crippen LogP contribution in [-0.2, 0) is 11.3 Å². The predicted molar refractivity (Wildman–Crippen MR) is 109 cm³/mol. The summed E-state index contributed by atoms with van der Waals surface area (Å²) < 4.78 is 0. The standard InChI is InChI=1S/C19H12Cl3NO2S/c20-14-6-2-1-4-13(14)5-3-7-17-18(24)23(19(25)26-17)11-12-8-9-15(21)16(22)10-12/h1-10H,11H2/b5-3+,17-7-. The lowest BCUT2D eigenvalue weighted by Gasteiger charge is -2.12. The lowest BCUT2D eigenvalue weighted by atomic mass is 10.2. The van der Waals surface area contributed by atoms with Crippen molar-refractivity contribution >= 4 is 63.8 Å². The minimum Gasteiger partial charge on any atom is -0.268 e. The van der Waals surface area contributed by atoms with Gasteiger partial charge < -0.3 is 0 Å². The Labute approximate surface area is 170 Å². The number of carbonyl (C=O) groups is 2. The molecule has 0 saturated carbocycles. The van der Waals surface area contributed by atoms with Crippen molar-refractivity contribution in [2.75, 3.05) is 0 Å². The molecular weight excluding hydrogens is 413 g/mol. The number of thioether (sulfide) groups is 1. The number of halogens is 3. The number of amides is 2. The number of benzene rings is 2. The highest BCUT2D eigenvalue weighted by atomic mass is 35.5. The SMILES string of the molecule is O=C1S/C(=C\C=C\c2ccccc2Cl)C(=O)N1Cc1ccc(Cl)c(Cl)c1. The zero-order valence-electron chi connectivity index (χ0n) is 13.3. The van der Waals surface area contributed by atoms with Crippen molar-refractivity contribution < 1.29 is 9.59 Å². The summed E-state index contributed by atoms with van der Waals surface area (Å²) >= 11 is 18.9. The van der Waals surface area contributed by atoms with Crippen molar-refractivity contribution in [1.29, 1.82) is 0 Å². The van der Waals surface area contributed by atoms with Crippen LogP contribution in [0.25, 0.3) is 6.08 Å². The Morgan fingerprint density at radius 3 is 2.46 bits per heavy atom. The molecule has 26 heavy (non-hydrogen) atoms. The maximum Gasteiger partial charge on any atom is 0.293 e. The highest BCUT2D eigenvalue weighted by molar-refractivity contribution is 8.18. The number of allylic oxidation sites excluding steroid dienone is 2. The Morgan fingerprint density at radius 2 is 1.73 bits per heavy atom. The van der Waals surface area contributed by atoms with Gasteiger partial charge in [0.05, 0.1) is 21.5 Å². The number of carbonyl (C=O) groups excluding carboxylic acids is 2. The zero-order valence-corrected chi connectivity index (χ0v) is 16.4. The van der Waals surface area contributed by atoms with E-state index in [1.165, 1.54) is 4.90 Å². The summed E-state index contributed by atoms with van der Waals surface area (Å²) in [5.41, 5.74) is 1.56. The second-order valence-corrected chi connectivity index (χ2v) is 7.63. The molecule has 0 aromatic heterocycles. The molecule has 2 aromatic rings. The first-order chi connectivity index (χ1) is 12.5. The Hall–Kier alpha value is -1.72. The first kappa shape index (κ1) is 19.1. The molecule has 1 saturated heterocycles. The molecular formula is C19H12Cl3NO2S. The molecule has 2 aromatic carbocycles. The van der Waals surface area contributed by atoms with Gasteiger partial charge in [0.15, 0.2) is 0 Å². The highest BCUT2D eigenvalue weighted by Crippen LogP contribution is 2.33. The molecule has 0 spiro atoms. The van der Waals surface area contributed by atoms with Crippen LogP contribution >= 0.6 is 46.6 Å². The molecule has 3 nitrogen and oxygen atoms in total. The third-order valence-electron chi connectivity index (χ3n) is 3.63. The third kappa shape index (κ3) is 4.33. The van der Waals surface area contributed by atoms with Gasteiger partial charge >= 0.3 is 0 Å². The van der Waals surface area contributed by atoms with E-state index in [1.807, 2.05) is 18.2 Å². The Kier molecular flexibility index (Phi) is 6.09. The molecule has 0 radical (unpaired) electrons. The lowest BCUT2D eigenvalue weighted by molar-refractivity contribution is -0.123. The van der Waals surface area contributed by atoms with E-state index >= 15 is 0 Å². The molecule has 0 aliphatic carbocycles. The summed E-state index contributed by atoms with van der Waals surface area (Å²) in [6.07, 6.45) is 5.11. The van der Waals surface area contributed by atoms with Crippen molar-refractivity contribution in [3.8, 4) is 0 Å². The molecule has 7 heteroatoms. The quantitative estimate of drug-likeness (QED) is 0.530. The number of hydrogen-bond donors (Lipinski definition) is 0. The van der Waals surface area contributed by atoms with E-state index in [1.54, 1.807) is 42.5 Å². The van der Waals surface area contributed by atoms with Gasteiger partial charge in [0, 0.05) is 5.02 Å². The fourth-order valence-corrected chi connectivity index (χ4v) is 3.63. The van der Waals surface area contributed by atoms with E-state index in [4.69, 9.17) is 34.8 Å². The fourth-order valence-electron chi connectivity index (χ4n) is 2.32. The van der Waals surface area contributed by atoms with Gasteiger partial charge in [-0.2, -0.15) is 0 Å². The van der Waals surface area contributed by atoms with Crippen LogP contribution in [0.3, 0.4) is 0 Å². The van der Waals surface area contributed by atoms with E-state index in [0.29, 0.717) is 20.0 Å². The summed E-state index contributed by atoms with van der Waals surface area (Å²) in [5.74, 6) is -0.338. The summed E-state index contributed by atoms with van der Waals surface area (Å²) in [7, 11) is 0. The van der Waals surface area contributed by atoms with Crippen molar-refractivity contribution in [3.05, 3.63) is 85.7 Å². The zero-order chi connectivity index (χ0) is 18.7. The minimum absolute atomic E-state index is 0.146. The van der Waals surface area contributed by atoms with Crippen LogP contribution < -0.4 is 0 Å². The van der Waals surface area contributed by atoms with Crippen molar-refractivity contribution in [2.45, 2.75) is 6.54 Å². The van der Waals surface area contributed by atoms with Crippen molar-refractivity contribution in [1.82, 2.24) is 4.90 Å². The Morgan fingerprint density at radius 1 is 0.962 bits per heavy atom. The lowest BCUT2D eigenvalue weighted by Crippen LogP contribution is -2.27. The molecule has 2 amide bonds. The van der Waals surface area contributed by atoms with Crippen LogP contribution in [0.5, 0.6) is 0 Å². The summed E-state index contributed by atoms with van der Waals surface area (Å²) in [5, 5.41) is 1.10. The number of imide groups is 1. The fraction of sp³-hybridized carbons (Fsp3) is 0.0526. The molecule has 1 aliphatic rings. The van der Waals surface area contributed by atoms with E-state index in [0.717, 1.165) is 22.9 Å². The first-order valence-electron chi connectivity index (χ1n) is 7.56. The molecule has 1 heterocycles. The molecule has 132 valence electrons. The second kappa shape index (κ2) is 8.31. The third-order valence-corrected chi connectivity index (χ3v) is 5.64. The van der Waals surface area contributed by atoms with Gasteiger partial charge in [0.25, 0.3) is 11.1 Å². The summed E-state index contributed by atoms with van der Waals surface area (Å²) in [6, 6.07) is 12.4. The van der Waals surface area contributed by atoms with Gasteiger partial charge in [-0.1, -0.05) is 71.2 Å². The van der Waals surface area contributed by atoms with Crippen LogP contribution in [0.15, 0.2) is 59.5 Å². The topological polar surface area (TPSA) is 37.4 Å².